The number of nitrogens with zero attached hydrogens (tertiary/aromatic N) is 5. The third-order valence-electron chi connectivity index (χ3n) is 6.62. The molecule has 0 bridgehead atoms. The Labute approximate surface area is 211 Å². The first kappa shape index (κ1) is 23.7. The molecule has 1 aliphatic rings. The van der Waals surface area contributed by atoms with Crippen molar-refractivity contribution in [2.75, 3.05) is 45.7 Å². The minimum atomic E-state index is -0.444. The Morgan fingerprint density at radius 3 is 2.47 bits per heavy atom. The molecule has 2 aromatic heterocycles. The van der Waals surface area contributed by atoms with Gasteiger partial charge in [-0.3, -0.25) is 4.79 Å². The highest BCUT2D eigenvalue weighted by molar-refractivity contribution is 5.94. The zero-order valence-electron chi connectivity index (χ0n) is 20.6. The van der Waals surface area contributed by atoms with Gasteiger partial charge in [0.15, 0.2) is 0 Å². The summed E-state index contributed by atoms with van der Waals surface area (Å²) >= 11 is 0. The monoisotopic (exact) mass is 482 g/mol. The number of piperazine rings is 1. The Hall–Kier alpha value is -4.04. The molecule has 8 nitrogen and oxygen atoms in total. The molecule has 184 valence electrons. The Morgan fingerprint density at radius 2 is 1.75 bits per heavy atom. The molecule has 2 aromatic carbocycles. The molecule has 1 amide bonds. The molecule has 1 fully saturated rings. The lowest BCUT2D eigenvalue weighted by Crippen LogP contribution is -2.52. The van der Waals surface area contributed by atoms with E-state index in [1.165, 1.54) is 0 Å². The molecule has 1 aliphatic heterocycles. The van der Waals surface area contributed by atoms with E-state index in [4.69, 9.17) is 4.74 Å². The lowest BCUT2D eigenvalue weighted by Gasteiger charge is -2.35. The van der Waals surface area contributed by atoms with E-state index in [1.54, 1.807) is 19.6 Å². The van der Waals surface area contributed by atoms with Crippen LogP contribution in [0.3, 0.4) is 0 Å². The molecule has 1 N–H and O–H groups in total. The van der Waals surface area contributed by atoms with E-state index in [9.17, 15) is 4.79 Å². The predicted molar refractivity (Wildman–Crippen MR) is 141 cm³/mol. The fourth-order valence-corrected chi connectivity index (χ4v) is 4.49. The van der Waals surface area contributed by atoms with Gasteiger partial charge in [0.05, 0.1) is 12.6 Å². The molecule has 3 heterocycles. The Morgan fingerprint density at radius 1 is 0.972 bits per heavy atom. The van der Waals surface area contributed by atoms with Crippen LogP contribution in [0.5, 0.6) is 5.88 Å². The molecular formula is C28H30N6O2. The number of hydrogen-bond acceptors (Lipinski definition) is 7. The van der Waals surface area contributed by atoms with Crippen LogP contribution in [-0.4, -0.2) is 77.0 Å². The van der Waals surface area contributed by atoms with E-state index >= 15 is 0 Å². The summed E-state index contributed by atoms with van der Waals surface area (Å²) in [5, 5.41) is 4.34. The van der Waals surface area contributed by atoms with Crippen molar-refractivity contribution in [3.63, 3.8) is 0 Å². The second-order valence-electron chi connectivity index (χ2n) is 9.06. The van der Waals surface area contributed by atoms with Gasteiger partial charge in [0.1, 0.15) is 18.2 Å². The molecule has 4 aromatic rings. The molecule has 8 heteroatoms. The smallest absolute Gasteiger partial charge is 0.245 e. The van der Waals surface area contributed by atoms with Gasteiger partial charge in [-0.25, -0.2) is 15.0 Å². The number of nitrogens with one attached hydrogen (secondary N) is 1. The maximum atomic E-state index is 13.7. The number of carbonyl (C=O) groups is 1. The van der Waals surface area contributed by atoms with Gasteiger partial charge in [-0.05, 0) is 36.4 Å². The molecule has 0 saturated carbocycles. The van der Waals surface area contributed by atoms with Gasteiger partial charge in [0.2, 0.25) is 11.8 Å². The molecular weight excluding hydrogens is 452 g/mol. The van der Waals surface area contributed by atoms with E-state index < -0.39 is 6.04 Å². The number of anilines is 1. The zero-order chi connectivity index (χ0) is 24.9. The number of amides is 1. The molecule has 0 radical (unpaired) electrons. The van der Waals surface area contributed by atoms with Crippen molar-refractivity contribution in [3.05, 3.63) is 78.8 Å². The number of fused-ring (bicyclic) bond motifs is 1. The van der Waals surface area contributed by atoms with Crippen molar-refractivity contribution in [1.82, 2.24) is 24.8 Å². The van der Waals surface area contributed by atoms with Crippen LogP contribution in [0.1, 0.15) is 5.56 Å². The molecule has 36 heavy (non-hydrogen) atoms. The number of rotatable bonds is 7. The van der Waals surface area contributed by atoms with Gasteiger partial charge >= 0.3 is 0 Å². The van der Waals surface area contributed by atoms with Crippen LogP contribution in [0.25, 0.3) is 22.0 Å². The molecule has 1 atom stereocenters. The molecule has 0 aliphatic carbocycles. The summed E-state index contributed by atoms with van der Waals surface area (Å²) in [5.41, 5.74) is 3.85. The van der Waals surface area contributed by atoms with Crippen LogP contribution in [0, 0.1) is 0 Å². The normalized spacial score (nSPS) is 15.0. The third kappa shape index (κ3) is 5.28. The highest BCUT2D eigenvalue weighted by Gasteiger charge is 2.27. The number of likely N-dealkylation sites (N-methyl/N-ethyl adjacent to an activating group) is 1. The average molecular weight is 483 g/mol. The maximum Gasteiger partial charge on any atom is 0.245 e. The summed E-state index contributed by atoms with van der Waals surface area (Å²) in [5.74, 6) is 1.30. The van der Waals surface area contributed by atoms with Crippen LogP contribution in [-0.2, 0) is 11.2 Å². The number of ether oxygens (including phenoxy) is 1. The number of benzene rings is 2. The third-order valence-corrected chi connectivity index (χ3v) is 6.62. The van der Waals surface area contributed by atoms with E-state index in [1.807, 2.05) is 53.4 Å². The fraction of sp³-hybridized carbons (Fsp3) is 0.286. The summed E-state index contributed by atoms with van der Waals surface area (Å²) in [4.78, 5) is 31.2. The lowest BCUT2D eigenvalue weighted by atomic mass is 10.0. The largest absolute Gasteiger partial charge is 0.481 e. The number of pyridine rings is 1. The second kappa shape index (κ2) is 10.7. The van der Waals surface area contributed by atoms with Crippen molar-refractivity contribution in [3.8, 4) is 17.0 Å². The van der Waals surface area contributed by atoms with Crippen LogP contribution in [0.15, 0.2) is 73.2 Å². The predicted octanol–water partition coefficient (Wildman–Crippen LogP) is 3.50. The van der Waals surface area contributed by atoms with E-state index in [0.29, 0.717) is 18.1 Å². The number of hydrogen-bond donors (Lipinski definition) is 1. The number of aromatic nitrogens is 3. The van der Waals surface area contributed by atoms with Gasteiger partial charge in [0.25, 0.3) is 0 Å². The number of methoxy groups -OCH3 is 1. The first-order valence-electron chi connectivity index (χ1n) is 12.1. The minimum Gasteiger partial charge on any atom is -0.481 e. The topological polar surface area (TPSA) is 83.5 Å². The van der Waals surface area contributed by atoms with Gasteiger partial charge in [-0.2, -0.15) is 0 Å². The molecule has 1 unspecified atom stereocenters. The Bertz CT molecular complexity index is 1320. The van der Waals surface area contributed by atoms with Crippen molar-refractivity contribution < 1.29 is 9.53 Å². The van der Waals surface area contributed by atoms with Crippen LogP contribution >= 0.6 is 0 Å². The quantitative estimate of drug-likeness (QED) is 0.432. The first-order valence-corrected chi connectivity index (χ1v) is 12.1. The highest BCUT2D eigenvalue weighted by Crippen LogP contribution is 2.28. The van der Waals surface area contributed by atoms with Crippen molar-refractivity contribution in [2.24, 2.45) is 0 Å². The van der Waals surface area contributed by atoms with Gasteiger partial charge < -0.3 is 19.9 Å². The maximum absolute atomic E-state index is 13.7. The SMILES string of the molecule is COc1ccc(-c2ccc3ncnc(NC(Cc4ccccc4)C(=O)N4CCN(C)CC4)c3c2)cn1. The summed E-state index contributed by atoms with van der Waals surface area (Å²) in [6.45, 7) is 3.20. The lowest BCUT2D eigenvalue weighted by molar-refractivity contribution is -0.133. The Balaban J connectivity index is 1.47. The zero-order valence-corrected chi connectivity index (χ0v) is 20.6. The summed E-state index contributed by atoms with van der Waals surface area (Å²) in [7, 11) is 3.69. The van der Waals surface area contributed by atoms with Crippen LogP contribution in [0.2, 0.25) is 0 Å². The fourth-order valence-electron chi connectivity index (χ4n) is 4.49. The first-order chi connectivity index (χ1) is 17.6. The van der Waals surface area contributed by atoms with Crippen LogP contribution < -0.4 is 10.1 Å². The summed E-state index contributed by atoms with van der Waals surface area (Å²) in [6.07, 6.45) is 3.89. The molecule has 0 spiro atoms. The van der Waals surface area contributed by atoms with E-state index in [-0.39, 0.29) is 5.91 Å². The average Bonchev–Trinajstić information content (AvgIpc) is 2.93. The van der Waals surface area contributed by atoms with Crippen molar-refractivity contribution in [1.29, 1.82) is 0 Å². The van der Waals surface area contributed by atoms with E-state index in [2.05, 4.69) is 44.3 Å². The van der Waals surface area contributed by atoms with Gasteiger partial charge in [-0.1, -0.05) is 36.4 Å². The minimum absolute atomic E-state index is 0.0919. The van der Waals surface area contributed by atoms with Gasteiger partial charge in [-0.15, -0.1) is 0 Å². The molecule has 5 rings (SSSR count). The Kier molecular flexibility index (Phi) is 7.04. The summed E-state index contributed by atoms with van der Waals surface area (Å²) < 4.78 is 5.19. The summed E-state index contributed by atoms with van der Waals surface area (Å²) in [6, 6.07) is 19.5. The van der Waals surface area contributed by atoms with E-state index in [0.717, 1.165) is 53.8 Å². The highest BCUT2D eigenvalue weighted by atomic mass is 16.5. The van der Waals surface area contributed by atoms with Gasteiger partial charge in [0, 0.05) is 55.8 Å². The number of carbonyl (C=O) groups excluding carboxylic acids is 1. The van der Waals surface area contributed by atoms with Crippen molar-refractivity contribution >= 4 is 22.6 Å². The standard InChI is InChI=1S/C28H30N6O2/c1-33-12-14-34(15-13-33)28(35)25(16-20-6-4-3-5-7-20)32-27-23-17-21(8-10-24(23)30-19-31-27)22-9-11-26(36-2)29-18-22/h3-11,17-19,25H,12-16H2,1-2H3,(H,30,31,32). The molecule has 1 saturated heterocycles. The van der Waals surface area contributed by atoms with Crippen molar-refractivity contribution in [2.45, 2.75) is 12.5 Å². The second-order valence-corrected chi connectivity index (χ2v) is 9.06. The van der Waals surface area contributed by atoms with Crippen LogP contribution in [0.4, 0.5) is 5.82 Å².